The van der Waals surface area contributed by atoms with Crippen molar-refractivity contribution in [3.8, 4) is 0 Å². The van der Waals surface area contributed by atoms with Crippen molar-refractivity contribution in [2.24, 2.45) is 4.99 Å². The Morgan fingerprint density at radius 1 is 1.15 bits per heavy atom. The van der Waals surface area contributed by atoms with Crippen LogP contribution in [-0.2, 0) is 12.8 Å². The predicted octanol–water partition coefficient (Wildman–Crippen LogP) is 4.25. The highest BCUT2D eigenvalue weighted by Crippen LogP contribution is 2.27. The molecule has 0 radical (unpaired) electrons. The number of nitrogens with one attached hydrogen (secondary N) is 1. The van der Waals surface area contributed by atoms with E-state index in [4.69, 9.17) is 0 Å². The van der Waals surface area contributed by atoms with Gasteiger partial charge in [-0.1, -0.05) is 19.9 Å². The summed E-state index contributed by atoms with van der Waals surface area (Å²) in [6, 6.07) is 7.03. The van der Waals surface area contributed by atoms with Crippen molar-refractivity contribution in [2.45, 2.75) is 52.5 Å². The smallest absolute Gasteiger partial charge is 0.205 e. The molecule has 144 valence electrons. The Morgan fingerprint density at radius 2 is 1.81 bits per heavy atom. The number of guanidine groups is 1. The first kappa shape index (κ1) is 20.4. The zero-order valence-electron chi connectivity index (χ0n) is 16.7. The second kappa shape index (κ2) is 9.72. The number of nitrogens with zero attached hydrogens (tertiary/aromatic N) is 3. The molecule has 0 saturated heterocycles. The van der Waals surface area contributed by atoms with Gasteiger partial charge in [0.2, 0.25) is 5.96 Å². The lowest BCUT2D eigenvalue weighted by Crippen LogP contribution is -2.37. The van der Waals surface area contributed by atoms with E-state index in [0.717, 1.165) is 38.2 Å². The Labute approximate surface area is 157 Å². The third-order valence-electron chi connectivity index (χ3n) is 5.33. The third-order valence-corrected chi connectivity index (χ3v) is 5.33. The molecule has 0 saturated carbocycles. The zero-order chi connectivity index (χ0) is 19.1. The molecule has 4 nitrogen and oxygen atoms in total. The first-order chi connectivity index (χ1) is 12.5. The highest BCUT2D eigenvalue weighted by molar-refractivity contribution is 5.83. The van der Waals surface area contributed by atoms with Crippen LogP contribution in [0.25, 0.3) is 0 Å². The summed E-state index contributed by atoms with van der Waals surface area (Å²) < 4.78 is 13.2. The van der Waals surface area contributed by atoms with Crippen molar-refractivity contribution in [1.82, 2.24) is 15.1 Å². The van der Waals surface area contributed by atoms with Crippen LogP contribution in [0.15, 0.2) is 35.7 Å². The van der Waals surface area contributed by atoms with Gasteiger partial charge in [0.05, 0.1) is 5.69 Å². The van der Waals surface area contributed by atoms with Crippen LogP contribution < -0.4 is 5.32 Å². The fraction of sp³-hybridized carbons (Fsp3) is 0.571. The van der Waals surface area contributed by atoms with Crippen molar-refractivity contribution < 1.29 is 4.39 Å². The van der Waals surface area contributed by atoms with Crippen molar-refractivity contribution in [1.29, 1.82) is 0 Å². The molecule has 1 unspecified atom stereocenters. The number of aryl methyl sites for hydroxylation is 2. The molecule has 0 fully saturated rings. The van der Waals surface area contributed by atoms with Crippen LogP contribution in [0.2, 0.25) is 0 Å². The Kier molecular flexibility index (Phi) is 7.64. The molecule has 0 heterocycles. The first-order valence-electron chi connectivity index (χ1n) is 9.75. The van der Waals surface area contributed by atoms with Crippen LogP contribution in [0.4, 0.5) is 10.1 Å². The summed E-state index contributed by atoms with van der Waals surface area (Å²) in [6.45, 7) is 12.7. The molecule has 0 spiro atoms. The average Bonchev–Trinajstić information content (AvgIpc) is 2.84. The summed E-state index contributed by atoms with van der Waals surface area (Å²) in [5.74, 6) is -0.115. The SMILES string of the molecule is C=C(F)NC(=Nc1ccc2c(c1)CCC(N(CC)CC)CC2)N(C)CC. The fourth-order valence-corrected chi connectivity index (χ4v) is 3.65. The second-order valence-electron chi connectivity index (χ2n) is 6.88. The molecule has 0 bridgehead atoms. The van der Waals surface area contributed by atoms with Gasteiger partial charge in [0.25, 0.3) is 0 Å². The predicted molar refractivity (Wildman–Crippen MR) is 109 cm³/mol. The highest BCUT2D eigenvalue weighted by atomic mass is 19.1. The molecule has 1 aromatic carbocycles. The maximum atomic E-state index is 13.2. The minimum atomic E-state index is -0.596. The van der Waals surface area contributed by atoms with Crippen molar-refractivity contribution in [2.75, 3.05) is 26.7 Å². The maximum Gasteiger partial charge on any atom is 0.205 e. The quantitative estimate of drug-likeness (QED) is 0.356. The molecule has 0 aromatic heterocycles. The Bertz CT molecular complexity index is 637. The van der Waals surface area contributed by atoms with Crippen molar-refractivity contribution >= 4 is 11.6 Å². The summed E-state index contributed by atoms with van der Waals surface area (Å²) in [5.41, 5.74) is 3.65. The van der Waals surface area contributed by atoms with E-state index in [1.165, 1.54) is 24.0 Å². The van der Waals surface area contributed by atoms with Crippen molar-refractivity contribution in [3.05, 3.63) is 41.9 Å². The van der Waals surface area contributed by atoms with Gasteiger partial charge in [-0.15, -0.1) is 0 Å². The first-order valence-corrected chi connectivity index (χ1v) is 9.75. The van der Waals surface area contributed by atoms with E-state index in [2.05, 4.69) is 47.8 Å². The van der Waals surface area contributed by atoms with Crippen LogP contribution in [-0.4, -0.2) is 48.5 Å². The number of hydrogen-bond acceptors (Lipinski definition) is 2. The lowest BCUT2D eigenvalue weighted by atomic mass is 10.0. The van der Waals surface area contributed by atoms with E-state index < -0.39 is 5.95 Å². The van der Waals surface area contributed by atoms with Gasteiger partial charge in [-0.3, -0.25) is 0 Å². The lowest BCUT2D eigenvalue weighted by molar-refractivity contribution is 0.199. The molecule has 0 amide bonds. The van der Waals surface area contributed by atoms with Crippen LogP contribution in [0.1, 0.15) is 44.7 Å². The zero-order valence-corrected chi connectivity index (χ0v) is 16.7. The number of benzene rings is 1. The number of hydrogen-bond donors (Lipinski definition) is 1. The topological polar surface area (TPSA) is 30.9 Å². The van der Waals surface area contributed by atoms with E-state index in [9.17, 15) is 4.39 Å². The summed E-state index contributed by atoms with van der Waals surface area (Å²) in [6.07, 6.45) is 4.58. The molecular weight excluding hydrogens is 327 g/mol. The van der Waals surface area contributed by atoms with Gasteiger partial charge in [0.15, 0.2) is 5.95 Å². The Hall–Kier alpha value is -1.88. The molecule has 1 aliphatic carbocycles. The number of rotatable bonds is 6. The Morgan fingerprint density at radius 3 is 2.38 bits per heavy atom. The van der Waals surface area contributed by atoms with E-state index in [-0.39, 0.29) is 0 Å². The molecule has 1 N–H and O–H groups in total. The molecule has 1 aliphatic rings. The van der Waals surface area contributed by atoms with Gasteiger partial charge in [-0.25, -0.2) is 4.99 Å². The maximum absolute atomic E-state index is 13.2. The molecule has 26 heavy (non-hydrogen) atoms. The van der Waals surface area contributed by atoms with E-state index in [1.807, 2.05) is 24.9 Å². The third kappa shape index (κ3) is 5.31. The van der Waals surface area contributed by atoms with Gasteiger partial charge >= 0.3 is 0 Å². The van der Waals surface area contributed by atoms with E-state index in [1.54, 1.807) is 0 Å². The standard InChI is InChI=1S/C21H33FN4/c1-6-25(5)21(23-16(4)22)24-19-12-9-17-10-13-20(26(7-2)8-3)14-11-18(17)15-19/h9,12,15,20H,4,6-8,10-11,13-14H2,1-3,5H3,(H,23,24). The second-order valence-corrected chi connectivity index (χ2v) is 6.88. The average molecular weight is 361 g/mol. The summed E-state index contributed by atoms with van der Waals surface area (Å²) in [7, 11) is 1.88. The van der Waals surface area contributed by atoms with E-state index >= 15 is 0 Å². The lowest BCUT2D eigenvalue weighted by Gasteiger charge is -2.28. The van der Waals surface area contributed by atoms with Gasteiger partial charge in [0, 0.05) is 19.6 Å². The molecule has 5 heteroatoms. The monoisotopic (exact) mass is 360 g/mol. The molecule has 0 aliphatic heterocycles. The molecular formula is C21H33FN4. The largest absolute Gasteiger partial charge is 0.346 e. The molecule has 2 rings (SSSR count). The van der Waals surface area contributed by atoms with Crippen LogP contribution in [0.3, 0.4) is 0 Å². The summed E-state index contributed by atoms with van der Waals surface area (Å²) >= 11 is 0. The number of fused-ring (bicyclic) bond motifs is 1. The fourth-order valence-electron chi connectivity index (χ4n) is 3.65. The summed E-state index contributed by atoms with van der Waals surface area (Å²) in [4.78, 5) is 9.05. The van der Waals surface area contributed by atoms with Gasteiger partial charge in [-0.2, -0.15) is 4.39 Å². The molecule has 1 aromatic rings. The highest BCUT2D eigenvalue weighted by Gasteiger charge is 2.20. The Balaban J connectivity index is 2.21. The number of aliphatic imine (C=N–C) groups is 1. The van der Waals surface area contributed by atoms with Gasteiger partial charge in [-0.05, 0) is 75.5 Å². The van der Waals surface area contributed by atoms with E-state index in [0.29, 0.717) is 12.0 Å². The minimum absolute atomic E-state index is 0.481. The minimum Gasteiger partial charge on any atom is -0.346 e. The van der Waals surface area contributed by atoms with Crippen molar-refractivity contribution in [3.63, 3.8) is 0 Å². The molecule has 1 atom stereocenters. The van der Waals surface area contributed by atoms with Gasteiger partial charge < -0.3 is 15.1 Å². The number of halogens is 1. The van der Waals surface area contributed by atoms with Crippen LogP contribution in [0.5, 0.6) is 0 Å². The van der Waals surface area contributed by atoms with Crippen LogP contribution in [0, 0.1) is 0 Å². The van der Waals surface area contributed by atoms with Gasteiger partial charge in [0.1, 0.15) is 0 Å². The normalized spacial score (nSPS) is 17.6. The summed E-state index contributed by atoms with van der Waals surface area (Å²) in [5, 5.41) is 2.62. The van der Waals surface area contributed by atoms with Crippen LogP contribution >= 0.6 is 0 Å².